The summed E-state index contributed by atoms with van der Waals surface area (Å²) in [7, 11) is -3.78. The molecule has 1 unspecified atom stereocenters. The first kappa shape index (κ1) is 19.5. The number of hydrogen-bond donors (Lipinski definition) is 2. The van der Waals surface area contributed by atoms with Gasteiger partial charge in [0.15, 0.2) is 9.84 Å². The van der Waals surface area contributed by atoms with Crippen molar-refractivity contribution in [1.29, 1.82) is 0 Å². The Hall–Kier alpha value is -1.87. The predicted octanol–water partition coefficient (Wildman–Crippen LogP) is 3.45. The fourth-order valence-corrected chi connectivity index (χ4v) is 3.58. The molecule has 0 radical (unpaired) electrons. The second-order valence-corrected chi connectivity index (χ2v) is 8.17. The molecule has 0 saturated carbocycles. The third-order valence-corrected chi connectivity index (χ3v) is 4.89. The van der Waals surface area contributed by atoms with Crippen LogP contribution in [0.3, 0.4) is 0 Å². The minimum absolute atomic E-state index is 0.0255. The Morgan fingerprint density at radius 3 is 2.32 bits per heavy atom. The summed E-state index contributed by atoms with van der Waals surface area (Å²) in [6.45, 7) is 0.0255. The third kappa shape index (κ3) is 5.05. The average Bonchev–Trinajstić information content (AvgIpc) is 2.50. The number of aliphatic hydroxyl groups is 1. The molecule has 134 valence electrons. The zero-order valence-corrected chi connectivity index (χ0v) is 15.3. The van der Waals surface area contributed by atoms with Crippen LogP contribution in [0.2, 0.25) is 10.0 Å². The quantitative estimate of drug-likeness (QED) is 0.563. The number of sulfone groups is 1. The molecule has 0 fully saturated rings. The summed E-state index contributed by atoms with van der Waals surface area (Å²) in [6, 6.07) is 8.26. The van der Waals surface area contributed by atoms with Crippen molar-refractivity contribution in [2.24, 2.45) is 0 Å². The van der Waals surface area contributed by atoms with E-state index in [4.69, 9.17) is 23.2 Å². The first-order valence-electron chi connectivity index (χ1n) is 6.94. The van der Waals surface area contributed by atoms with Crippen molar-refractivity contribution in [2.45, 2.75) is 11.0 Å². The van der Waals surface area contributed by atoms with Gasteiger partial charge in [-0.2, -0.15) is 0 Å². The summed E-state index contributed by atoms with van der Waals surface area (Å²) >= 11 is 11.8. The van der Waals surface area contributed by atoms with Gasteiger partial charge in [0.2, 0.25) is 0 Å². The first-order valence-corrected chi connectivity index (χ1v) is 9.59. The zero-order valence-electron chi connectivity index (χ0n) is 12.9. The maximum absolute atomic E-state index is 11.7. The van der Waals surface area contributed by atoms with Crippen LogP contribution in [0.1, 0.15) is 11.7 Å². The number of nitrogens with zero attached hydrogens (tertiary/aromatic N) is 1. The lowest BCUT2D eigenvalue weighted by Gasteiger charge is -2.14. The number of nitro groups is 1. The number of halogens is 2. The summed E-state index contributed by atoms with van der Waals surface area (Å²) in [5, 5.41) is 24.7. The molecule has 0 bridgehead atoms. The van der Waals surface area contributed by atoms with Gasteiger partial charge in [0, 0.05) is 34.6 Å². The molecule has 0 aliphatic carbocycles. The molecular weight excluding hydrogens is 391 g/mol. The molecule has 1 atom stereocenters. The van der Waals surface area contributed by atoms with E-state index in [0.717, 1.165) is 18.4 Å². The number of nitrogens with one attached hydrogen (secondary N) is 1. The van der Waals surface area contributed by atoms with Crippen molar-refractivity contribution in [3.8, 4) is 0 Å². The average molecular weight is 405 g/mol. The van der Waals surface area contributed by atoms with Crippen molar-refractivity contribution in [1.82, 2.24) is 0 Å². The summed E-state index contributed by atoms with van der Waals surface area (Å²) in [6.07, 6.45) is -0.0739. The van der Waals surface area contributed by atoms with Gasteiger partial charge in [-0.15, -0.1) is 0 Å². The maximum atomic E-state index is 11.7. The summed E-state index contributed by atoms with van der Waals surface area (Å²) in [5.41, 5.74) is 0.295. The fourth-order valence-electron chi connectivity index (χ4n) is 2.17. The molecule has 25 heavy (non-hydrogen) atoms. The number of nitro benzene ring substituents is 1. The van der Waals surface area contributed by atoms with Crippen LogP contribution in [-0.4, -0.2) is 31.2 Å². The van der Waals surface area contributed by atoms with Crippen LogP contribution in [0.15, 0.2) is 41.3 Å². The van der Waals surface area contributed by atoms with Gasteiger partial charge in [-0.05, 0) is 35.9 Å². The number of rotatable bonds is 6. The van der Waals surface area contributed by atoms with Crippen LogP contribution < -0.4 is 5.32 Å². The van der Waals surface area contributed by atoms with Crippen LogP contribution in [-0.2, 0) is 9.84 Å². The lowest BCUT2D eigenvalue weighted by atomic mass is 10.1. The molecule has 0 amide bonds. The number of anilines is 1. The van der Waals surface area contributed by atoms with Gasteiger partial charge in [0.1, 0.15) is 4.90 Å². The van der Waals surface area contributed by atoms with Gasteiger partial charge in [-0.1, -0.05) is 23.2 Å². The molecule has 0 aromatic heterocycles. The maximum Gasteiger partial charge on any atom is 0.288 e. The van der Waals surface area contributed by atoms with Crippen LogP contribution >= 0.6 is 23.2 Å². The monoisotopic (exact) mass is 404 g/mol. The van der Waals surface area contributed by atoms with E-state index in [2.05, 4.69) is 5.32 Å². The SMILES string of the molecule is CS(=O)(=O)c1cc(NCC(O)c2cc(Cl)cc(Cl)c2)ccc1[N+](=O)[O-]. The zero-order chi connectivity index (χ0) is 18.8. The molecule has 0 spiro atoms. The lowest BCUT2D eigenvalue weighted by Crippen LogP contribution is -2.13. The standard InChI is InChI=1S/C15H14Cl2N2O5S/c1-25(23,24)15-7-12(2-3-13(15)19(21)22)18-8-14(20)9-4-10(16)6-11(17)5-9/h2-7,14,18,20H,8H2,1H3. The Bertz CT molecular complexity index is 898. The molecule has 0 aliphatic heterocycles. The topological polar surface area (TPSA) is 110 Å². The van der Waals surface area contributed by atoms with Gasteiger partial charge in [-0.25, -0.2) is 8.42 Å². The van der Waals surface area contributed by atoms with Crippen molar-refractivity contribution < 1.29 is 18.4 Å². The Kier molecular flexibility index (Phi) is 5.89. The van der Waals surface area contributed by atoms with Crippen molar-refractivity contribution >= 4 is 44.4 Å². The lowest BCUT2D eigenvalue weighted by molar-refractivity contribution is -0.387. The number of hydrogen-bond acceptors (Lipinski definition) is 6. The molecule has 0 heterocycles. The van der Waals surface area contributed by atoms with E-state index in [1.165, 1.54) is 12.1 Å². The molecular formula is C15H14Cl2N2O5S. The molecule has 10 heteroatoms. The number of aliphatic hydroxyl groups excluding tert-OH is 1. The van der Waals surface area contributed by atoms with E-state index in [1.54, 1.807) is 12.1 Å². The Morgan fingerprint density at radius 2 is 1.80 bits per heavy atom. The highest BCUT2D eigenvalue weighted by Gasteiger charge is 2.22. The third-order valence-electron chi connectivity index (χ3n) is 3.33. The summed E-state index contributed by atoms with van der Waals surface area (Å²) in [5.74, 6) is 0. The van der Waals surface area contributed by atoms with E-state index >= 15 is 0 Å². The largest absolute Gasteiger partial charge is 0.387 e. The van der Waals surface area contributed by atoms with Gasteiger partial charge in [0.05, 0.1) is 11.0 Å². The minimum atomic E-state index is -3.78. The van der Waals surface area contributed by atoms with Gasteiger partial charge < -0.3 is 10.4 Å². The smallest absolute Gasteiger partial charge is 0.288 e. The highest BCUT2D eigenvalue weighted by atomic mass is 35.5. The van der Waals surface area contributed by atoms with Gasteiger partial charge in [0.25, 0.3) is 5.69 Å². The first-order chi connectivity index (χ1) is 11.6. The molecule has 2 aromatic carbocycles. The Balaban J connectivity index is 2.22. The normalized spacial score (nSPS) is 12.6. The summed E-state index contributed by atoms with van der Waals surface area (Å²) in [4.78, 5) is 9.79. The highest BCUT2D eigenvalue weighted by molar-refractivity contribution is 7.90. The highest BCUT2D eigenvalue weighted by Crippen LogP contribution is 2.28. The molecule has 0 aliphatic rings. The second kappa shape index (κ2) is 7.57. The van der Waals surface area contributed by atoms with E-state index in [9.17, 15) is 23.6 Å². The van der Waals surface area contributed by atoms with E-state index in [-0.39, 0.29) is 6.54 Å². The predicted molar refractivity (Wildman–Crippen MR) is 96.1 cm³/mol. The molecule has 2 N–H and O–H groups in total. The molecule has 2 aromatic rings. The molecule has 0 saturated heterocycles. The van der Waals surface area contributed by atoms with E-state index in [0.29, 0.717) is 21.3 Å². The Labute approximate surface area is 154 Å². The van der Waals surface area contributed by atoms with Crippen LogP contribution in [0.5, 0.6) is 0 Å². The van der Waals surface area contributed by atoms with E-state index < -0.39 is 31.4 Å². The van der Waals surface area contributed by atoms with Gasteiger partial charge >= 0.3 is 0 Å². The van der Waals surface area contributed by atoms with Crippen LogP contribution in [0.4, 0.5) is 11.4 Å². The second-order valence-electron chi connectivity index (χ2n) is 5.31. The summed E-state index contributed by atoms with van der Waals surface area (Å²) < 4.78 is 23.5. The van der Waals surface area contributed by atoms with Crippen LogP contribution in [0, 0.1) is 10.1 Å². The van der Waals surface area contributed by atoms with Crippen LogP contribution in [0.25, 0.3) is 0 Å². The fraction of sp³-hybridized carbons (Fsp3) is 0.200. The van der Waals surface area contributed by atoms with Gasteiger partial charge in [-0.3, -0.25) is 10.1 Å². The van der Waals surface area contributed by atoms with Crippen molar-refractivity contribution in [3.63, 3.8) is 0 Å². The number of benzene rings is 2. The van der Waals surface area contributed by atoms with E-state index in [1.807, 2.05) is 0 Å². The molecule has 7 nitrogen and oxygen atoms in total. The molecule has 2 rings (SSSR count). The van der Waals surface area contributed by atoms with Crippen molar-refractivity contribution in [2.75, 3.05) is 18.1 Å². The van der Waals surface area contributed by atoms with Crippen molar-refractivity contribution in [3.05, 3.63) is 62.1 Å². The minimum Gasteiger partial charge on any atom is -0.387 e. The Morgan fingerprint density at radius 1 is 1.20 bits per heavy atom.